The molecule has 2 atom stereocenters. The molecule has 0 radical (unpaired) electrons. The fourth-order valence-corrected chi connectivity index (χ4v) is 3.93. The number of carbonyl (C=O) groups is 1. The summed E-state index contributed by atoms with van der Waals surface area (Å²) in [5, 5.41) is 3.59. The highest BCUT2D eigenvalue weighted by molar-refractivity contribution is 5.75. The number of rotatable bonds is 1. The molecule has 3 aliphatic rings. The van der Waals surface area contributed by atoms with Gasteiger partial charge >= 0.3 is 6.03 Å². The summed E-state index contributed by atoms with van der Waals surface area (Å²) >= 11 is 0. The number of hydrogen-bond donors (Lipinski definition) is 1. The molecule has 3 saturated heterocycles. The Morgan fingerprint density at radius 2 is 1.68 bits per heavy atom. The van der Waals surface area contributed by atoms with Crippen LogP contribution in [0.3, 0.4) is 0 Å². The van der Waals surface area contributed by atoms with Crippen LogP contribution < -0.4 is 5.32 Å². The van der Waals surface area contributed by atoms with E-state index < -0.39 is 0 Å². The van der Waals surface area contributed by atoms with Gasteiger partial charge in [-0.05, 0) is 45.1 Å². The molecule has 19 heavy (non-hydrogen) atoms. The molecular formula is C15H27N3O. The molecule has 2 amide bonds. The van der Waals surface area contributed by atoms with Crippen LogP contribution in [0.15, 0.2) is 0 Å². The van der Waals surface area contributed by atoms with E-state index in [9.17, 15) is 4.79 Å². The zero-order valence-corrected chi connectivity index (χ0v) is 11.9. The monoisotopic (exact) mass is 265 g/mol. The van der Waals surface area contributed by atoms with Crippen LogP contribution in [0.4, 0.5) is 4.79 Å². The lowest BCUT2D eigenvalue weighted by atomic mass is 10.0. The van der Waals surface area contributed by atoms with Gasteiger partial charge in [-0.15, -0.1) is 0 Å². The maximum atomic E-state index is 12.7. The molecule has 108 valence electrons. The highest BCUT2D eigenvalue weighted by atomic mass is 16.2. The van der Waals surface area contributed by atoms with Crippen molar-refractivity contribution in [2.24, 2.45) is 0 Å². The minimum absolute atomic E-state index is 0.318. The lowest BCUT2D eigenvalue weighted by Gasteiger charge is -2.34. The molecule has 1 N–H and O–H groups in total. The van der Waals surface area contributed by atoms with Gasteiger partial charge in [-0.3, -0.25) is 0 Å². The SMILES string of the molecule is O=C(N1CCCCCC1)N1CCCC1C1CCCN1. The van der Waals surface area contributed by atoms with Crippen LogP contribution in [-0.4, -0.2) is 54.1 Å². The summed E-state index contributed by atoms with van der Waals surface area (Å²) < 4.78 is 0. The van der Waals surface area contributed by atoms with Gasteiger partial charge in [0.05, 0.1) is 0 Å². The number of amides is 2. The number of nitrogens with zero attached hydrogens (tertiary/aromatic N) is 2. The minimum Gasteiger partial charge on any atom is -0.325 e. The average molecular weight is 265 g/mol. The first-order chi connectivity index (χ1) is 9.36. The van der Waals surface area contributed by atoms with Gasteiger partial charge in [0.1, 0.15) is 0 Å². The summed E-state index contributed by atoms with van der Waals surface area (Å²) in [6.45, 7) is 4.05. The zero-order valence-electron chi connectivity index (χ0n) is 11.9. The average Bonchev–Trinajstić information content (AvgIpc) is 3.03. The van der Waals surface area contributed by atoms with Crippen molar-refractivity contribution >= 4 is 6.03 Å². The standard InChI is InChI=1S/C15H27N3O/c19-15(17-10-3-1-2-4-11-17)18-12-6-8-14(18)13-7-5-9-16-13/h13-14,16H,1-12H2. The van der Waals surface area contributed by atoms with Crippen molar-refractivity contribution in [3.05, 3.63) is 0 Å². The summed E-state index contributed by atoms with van der Waals surface area (Å²) in [7, 11) is 0. The first-order valence-corrected chi connectivity index (χ1v) is 8.15. The van der Waals surface area contributed by atoms with E-state index >= 15 is 0 Å². The minimum atomic E-state index is 0.318. The number of urea groups is 1. The number of likely N-dealkylation sites (tertiary alicyclic amines) is 2. The summed E-state index contributed by atoms with van der Waals surface area (Å²) in [6, 6.07) is 1.33. The number of hydrogen-bond acceptors (Lipinski definition) is 2. The summed E-state index contributed by atoms with van der Waals surface area (Å²) in [4.78, 5) is 17.0. The van der Waals surface area contributed by atoms with E-state index in [1.165, 1.54) is 51.4 Å². The van der Waals surface area contributed by atoms with E-state index in [2.05, 4.69) is 15.1 Å². The van der Waals surface area contributed by atoms with Crippen molar-refractivity contribution < 1.29 is 4.79 Å². The molecule has 0 saturated carbocycles. The molecule has 0 aromatic heterocycles. The van der Waals surface area contributed by atoms with Crippen molar-refractivity contribution in [3.63, 3.8) is 0 Å². The molecule has 0 aromatic rings. The van der Waals surface area contributed by atoms with Crippen LogP contribution in [0.1, 0.15) is 51.4 Å². The molecule has 3 aliphatic heterocycles. The van der Waals surface area contributed by atoms with E-state index in [0.717, 1.165) is 26.2 Å². The molecule has 0 spiro atoms. The highest BCUT2D eigenvalue weighted by Crippen LogP contribution is 2.26. The van der Waals surface area contributed by atoms with Crippen molar-refractivity contribution in [2.45, 2.75) is 63.5 Å². The van der Waals surface area contributed by atoms with Crippen LogP contribution in [0.5, 0.6) is 0 Å². The van der Waals surface area contributed by atoms with Crippen LogP contribution in [-0.2, 0) is 0 Å². The molecular weight excluding hydrogens is 238 g/mol. The van der Waals surface area contributed by atoms with Crippen molar-refractivity contribution in [1.29, 1.82) is 0 Å². The Hall–Kier alpha value is -0.770. The molecule has 4 nitrogen and oxygen atoms in total. The molecule has 0 aliphatic carbocycles. The van der Waals surface area contributed by atoms with Gasteiger partial charge in [-0.2, -0.15) is 0 Å². The largest absolute Gasteiger partial charge is 0.325 e. The van der Waals surface area contributed by atoms with E-state index in [1.54, 1.807) is 0 Å². The van der Waals surface area contributed by atoms with Gasteiger partial charge in [0.2, 0.25) is 0 Å². The Balaban J connectivity index is 1.63. The van der Waals surface area contributed by atoms with Gasteiger partial charge in [0.15, 0.2) is 0 Å². The molecule has 0 aromatic carbocycles. The summed E-state index contributed by atoms with van der Waals surface area (Å²) in [5.41, 5.74) is 0. The third-order valence-electron chi connectivity index (χ3n) is 4.98. The van der Waals surface area contributed by atoms with Gasteiger partial charge in [0.25, 0.3) is 0 Å². The number of nitrogens with one attached hydrogen (secondary N) is 1. The second-order valence-electron chi connectivity index (χ2n) is 6.29. The quantitative estimate of drug-likeness (QED) is 0.789. The topological polar surface area (TPSA) is 35.6 Å². The second kappa shape index (κ2) is 6.12. The number of carbonyl (C=O) groups excluding carboxylic acids is 1. The smallest absolute Gasteiger partial charge is 0.320 e. The third kappa shape index (κ3) is 2.88. The van der Waals surface area contributed by atoms with Gasteiger partial charge in [-0.1, -0.05) is 12.8 Å². The van der Waals surface area contributed by atoms with Crippen LogP contribution in [0, 0.1) is 0 Å². The lowest BCUT2D eigenvalue weighted by Crippen LogP contribution is -2.51. The van der Waals surface area contributed by atoms with E-state index in [1.807, 2.05) is 0 Å². The maximum absolute atomic E-state index is 12.7. The van der Waals surface area contributed by atoms with Crippen LogP contribution >= 0.6 is 0 Å². The molecule has 0 bridgehead atoms. The Bertz CT molecular complexity index is 307. The lowest BCUT2D eigenvalue weighted by molar-refractivity contribution is 0.141. The summed E-state index contributed by atoms with van der Waals surface area (Å²) in [5.74, 6) is 0. The van der Waals surface area contributed by atoms with Gasteiger partial charge in [-0.25, -0.2) is 4.79 Å². The Kier molecular flexibility index (Phi) is 4.26. The van der Waals surface area contributed by atoms with Gasteiger partial charge < -0.3 is 15.1 Å². The fourth-order valence-electron chi connectivity index (χ4n) is 3.93. The first kappa shape index (κ1) is 13.2. The normalized spacial score (nSPS) is 32.6. The first-order valence-electron chi connectivity index (χ1n) is 8.15. The summed E-state index contributed by atoms with van der Waals surface area (Å²) in [6.07, 6.45) is 9.84. The van der Waals surface area contributed by atoms with E-state index in [4.69, 9.17) is 0 Å². The highest BCUT2D eigenvalue weighted by Gasteiger charge is 2.37. The molecule has 3 rings (SSSR count). The molecule has 3 fully saturated rings. The predicted molar refractivity (Wildman–Crippen MR) is 76.2 cm³/mol. The van der Waals surface area contributed by atoms with E-state index in [0.29, 0.717) is 18.1 Å². The Morgan fingerprint density at radius 1 is 0.895 bits per heavy atom. The molecule has 3 heterocycles. The van der Waals surface area contributed by atoms with Crippen molar-refractivity contribution in [1.82, 2.24) is 15.1 Å². The zero-order chi connectivity index (χ0) is 13.1. The molecule has 2 unspecified atom stereocenters. The van der Waals surface area contributed by atoms with Crippen LogP contribution in [0.25, 0.3) is 0 Å². The van der Waals surface area contributed by atoms with Crippen molar-refractivity contribution in [3.8, 4) is 0 Å². The maximum Gasteiger partial charge on any atom is 0.320 e. The van der Waals surface area contributed by atoms with E-state index in [-0.39, 0.29) is 0 Å². The fraction of sp³-hybridized carbons (Fsp3) is 0.933. The Morgan fingerprint density at radius 3 is 2.37 bits per heavy atom. The molecule has 4 heteroatoms. The van der Waals surface area contributed by atoms with Gasteiger partial charge in [0, 0.05) is 31.7 Å². The second-order valence-corrected chi connectivity index (χ2v) is 6.29. The Labute approximate surface area is 116 Å². The predicted octanol–water partition coefficient (Wildman–Crippen LogP) is 2.20. The van der Waals surface area contributed by atoms with Crippen molar-refractivity contribution in [2.75, 3.05) is 26.2 Å². The van der Waals surface area contributed by atoms with Crippen LogP contribution in [0.2, 0.25) is 0 Å². The third-order valence-corrected chi connectivity index (χ3v) is 4.98.